The molecule has 0 unspecified atom stereocenters. The molecule has 2 heterocycles. The summed E-state index contributed by atoms with van der Waals surface area (Å²) in [5.41, 5.74) is 1.51. The SMILES string of the molecule is FC(F)(F)c1cccc(CSc2ccc(-c3cccnc3)nn2)c1. The lowest BCUT2D eigenvalue weighted by Gasteiger charge is -2.08. The maximum Gasteiger partial charge on any atom is 0.416 e. The number of nitrogens with zero attached hydrogens (tertiary/aromatic N) is 3. The van der Waals surface area contributed by atoms with Gasteiger partial charge in [0.1, 0.15) is 5.03 Å². The highest BCUT2D eigenvalue weighted by atomic mass is 32.2. The smallest absolute Gasteiger partial charge is 0.264 e. The monoisotopic (exact) mass is 347 g/mol. The lowest BCUT2D eigenvalue weighted by molar-refractivity contribution is -0.137. The van der Waals surface area contributed by atoms with Crippen LogP contribution in [-0.4, -0.2) is 15.2 Å². The molecule has 0 N–H and O–H groups in total. The fraction of sp³-hybridized carbons (Fsp3) is 0.118. The number of hydrogen-bond acceptors (Lipinski definition) is 4. The molecule has 0 aliphatic rings. The van der Waals surface area contributed by atoms with Crippen molar-refractivity contribution in [2.75, 3.05) is 0 Å². The molecule has 0 atom stereocenters. The van der Waals surface area contributed by atoms with Crippen molar-refractivity contribution < 1.29 is 13.2 Å². The van der Waals surface area contributed by atoms with Crippen LogP contribution in [0, 0.1) is 0 Å². The van der Waals surface area contributed by atoms with Crippen molar-refractivity contribution >= 4 is 11.8 Å². The number of hydrogen-bond donors (Lipinski definition) is 0. The molecule has 7 heteroatoms. The number of halogens is 3. The zero-order valence-electron chi connectivity index (χ0n) is 12.4. The summed E-state index contributed by atoms with van der Waals surface area (Å²) < 4.78 is 38.1. The van der Waals surface area contributed by atoms with Crippen molar-refractivity contribution in [3.8, 4) is 11.3 Å². The molecule has 3 aromatic rings. The average Bonchev–Trinajstić information content (AvgIpc) is 2.61. The van der Waals surface area contributed by atoms with Crippen LogP contribution in [0.2, 0.25) is 0 Å². The fourth-order valence-electron chi connectivity index (χ4n) is 2.06. The topological polar surface area (TPSA) is 38.7 Å². The van der Waals surface area contributed by atoms with Crippen LogP contribution in [0.3, 0.4) is 0 Å². The van der Waals surface area contributed by atoms with Crippen LogP contribution in [0.25, 0.3) is 11.3 Å². The van der Waals surface area contributed by atoms with Gasteiger partial charge in [0.2, 0.25) is 0 Å². The number of alkyl halides is 3. The van der Waals surface area contributed by atoms with Gasteiger partial charge >= 0.3 is 6.18 Å². The third-order valence-corrected chi connectivity index (χ3v) is 4.23. The maximum atomic E-state index is 12.7. The maximum absolute atomic E-state index is 12.7. The van der Waals surface area contributed by atoms with E-state index in [2.05, 4.69) is 15.2 Å². The van der Waals surface area contributed by atoms with Crippen LogP contribution in [0.5, 0.6) is 0 Å². The van der Waals surface area contributed by atoms with E-state index in [4.69, 9.17) is 0 Å². The van der Waals surface area contributed by atoms with Gasteiger partial charge in [-0.15, -0.1) is 10.2 Å². The second-order valence-corrected chi connectivity index (χ2v) is 5.98. The Bertz CT molecular complexity index is 805. The Labute approximate surface area is 141 Å². The summed E-state index contributed by atoms with van der Waals surface area (Å²) >= 11 is 1.34. The zero-order chi connectivity index (χ0) is 17.0. The Morgan fingerprint density at radius 2 is 1.83 bits per heavy atom. The molecule has 0 fully saturated rings. The third-order valence-electron chi connectivity index (χ3n) is 3.24. The van der Waals surface area contributed by atoms with E-state index >= 15 is 0 Å². The third kappa shape index (κ3) is 4.11. The molecule has 0 bridgehead atoms. The quantitative estimate of drug-likeness (QED) is 0.633. The van der Waals surface area contributed by atoms with Crippen LogP contribution >= 0.6 is 11.8 Å². The van der Waals surface area contributed by atoms with Gasteiger partial charge in [0, 0.05) is 23.7 Å². The minimum atomic E-state index is -4.33. The zero-order valence-corrected chi connectivity index (χ0v) is 13.2. The minimum Gasteiger partial charge on any atom is -0.264 e. The molecule has 0 radical (unpaired) electrons. The molecule has 0 saturated carbocycles. The van der Waals surface area contributed by atoms with Crippen molar-refractivity contribution in [2.45, 2.75) is 17.0 Å². The van der Waals surface area contributed by atoms with Crippen LogP contribution in [0.1, 0.15) is 11.1 Å². The van der Waals surface area contributed by atoms with E-state index in [1.165, 1.54) is 17.8 Å². The predicted molar refractivity (Wildman–Crippen MR) is 86.3 cm³/mol. The van der Waals surface area contributed by atoms with E-state index in [1.54, 1.807) is 24.5 Å². The summed E-state index contributed by atoms with van der Waals surface area (Å²) in [6.07, 6.45) is -0.957. The molecule has 0 spiro atoms. The molecule has 0 aliphatic heterocycles. The van der Waals surface area contributed by atoms with E-state index in [0.29, 0.717) is 22.0 Å². The van der Waals surface area contributed by atoms with Gasteiger partial charge in [-0.2, -0.15) is 13.2 Å². The first kappa shape index (κ1) is 16.4. The van der Waals surface area contributed by atoms with Crippen molar-refractivity contribution in [3.05, 3.63) is 72.1 Å². The van der Waals surface area contributed by atoms with Crippen molar-refractivity contribution in [3.63, 3.8) is 0 Å². The van der Waals surface area contributed by atoms with Crippen LogP contribution in [0.15, 0.2) is 66.0 Å². The Morgan fingerprint density at radius 3 is 2.50 bits per heavy atom. The van der Waals surface area contributed by atoms with Crippen LogP contribution in [-0.2, 0) is 11.9 Å². The molecule has 0 saturated heterocycles. The molecule has 3 nitrogen and oxygen atoms in total. The molecule has 3 rings (SSSR count). The normalized spacial score (nSPS) is 11.5. The number of rotatable bonds is 4. The summed E-state index contributed by atoms with van der Waals surface area (Å²) in [5, 5.41) is 8.88. The summed E-state index contributed by atoms with van der Waals surface area (Å²) in [7, 11) is 0. The van der Waals surface area contributed by atoms with E-state index < -0.39 is 11.7 Å². The second kappa shape index (κ2) is 7.00. The van der Waals surface area contributed by atoms with Crippen LogP contribution < -0.4 is 0 Å². The molecular weight excluding hydrogens is 335 g/mol. The highest BCUT2D eigenvalue weighted by Gasteiger charge is 2.30. The molecule has 0 aliphatic carbocycles. The molecule has 24 heavy (non-hydrogen) atoms. The first-order valence-electron chi connectivity index (χ1n) is 7.05. The number of thioether (sulfide) groups is 1. The van der Waals surface area contributed by atoms with Crippen molar-refractivity contribution in [1.29, 1.82) is 0 Å². The lowest BCUT2D eigenvalue weighted by Crippen LogP contribution is -2.04. The summed E-state index contributed by atoms with van der Waals surface area (Å²) in [4.78, 5) is 4.02. The van der Waals surface area contributed by atoms with E-state index in [1.807, 2.05) is 18.2 Å². The molecule has 0 amide bonds. The Hall–Kier alpha value is -2.41. The second-order valence-electron chi connectivity index (χ2n) is 4.99. The summed E-state index contributed by atoms with van der Waals surface area (Å²) in [6, 6.07) is 12.6. The first-order chi connectivity index (χ1) is 11.5. The van der Waals surface area contributed by atoms with Gasteiger partial charge in [-0.1, -0.05) is 30.0 Å². The molecule has 2 aromatic heterocycles. The fourth-order valence-corrected chi connectivity index (χ4v) is 2.82. The van der Waals surface area contributed by atoms with Gasteiger partial charge in [-0.3, -0.25) is 4.98 Å². The highest BCUT2D eigenvalue weighted by molar-refractivity contribution is 7.98. The van der Waals surface area contributed by atoms with Crippen molar-refractivity contribution in [2.24, 2.45) is 0 Å². The molecule has 1 aromatic carbocycles. The van der Waals surface area contributed by atoms with Gasteiger partial charge in [0.05, 0.1) is 11.3 Å². The van der Waals surface area contributed by atoms with E-state index in [0.717, 1.165) is 17.7 Å². The molecular formula is C17H12F3N3S. The van der Waals surface area contributed by atoms with Crippen molar-refractivity contribution in [1.82, 2.24) is 15.2 Å². The van der Waals surface area contributed by atoms with Gasteiger partial charge < -0.3 is 0 Å². The first-order valence-corrected chi connectivity index (χ1v) is 8.04. The number of benzene rings is 1. The largest absolute Gasteiger partial charge is 0.416 e. The number of pyridine rings is 1. The number of aromatic nitrogens is 3. The predicted octanol–water partition coefficient (Wildman–Crippen LogP) is 4.85. The highest BCUT2D eigenvalue weighted by Crippen LogP contribution is 2.31. The Kier molecular flexibility index (Phi) is 4.80. The lowest BCUT2D eigenvalue weighted by atomic mass is 10.1. The van der Waals surface area contributed by atoms with Gasteiger partial charge in [0.15, 0.2) is 0 Å². The van der Waals surface area contributed by atoms with E-state index in [9.17, 15) is 13.2 Å². The molecule has 122 valence electrons. The standard InChI is InChI=1S/C17H12F3N3S/c18-17(19,20)14-5-1-3-12(9-14)11-24-16-7-6-15(22-23-16)13-4-2-8-21-10-13/h1-10H,11H2. The van der Waals surface area contributed by atoms with Gasteiger partial charge in [0.25, 0.3) is 0 Å². The summed E-state index contributed by atoms with van der Waals surface area (Å²) in [5.74, 6) is 0.394. The minimum absolute atomic E-state index is 0.394. The van der Waals surface area contributed by atoms with E-state index in [-0.39, 0.29) is 0 Å². The Balaban J connectivity index is 1.67. The summed E-state index contributed by atoms with van der Waals surface area (Å²) in [6.45, 7) is 0. The average molecular weight is 347 g/mol. The van der Waals surface area contributed by atoms with Gasteiger partial charge in [-0.05, 0) is 35.9 Å². The Morgan fingerprint density at radius 1 is 0.958 bits per heavy atom. The van der Waals surface area contributed by atoms with Crippen LogP contribution in [0.4, 0.5) is 13.2 Å². The van der Waals surface area contributed by atoms with Gasteiger partial charge in [-0.25, -0.2) is 0 Å².